The minimum Gasteiger partial charge on any atom is -0.294 e. The van der Waals surface area contributed by atoms with Gasteiger partial charge in [-0.25, -0.2) is 0 Å². The molecule has 2 unspecified atom stereocenters. The van der Waals surface area contributed by atoms with Gasteiger partial charge in [-0.2, -0.15) is 0 Å². The van der Waals surface area contributed by atoms with Crippen LogP contribution >= 0.6 is 10.5 Å². The number of thiophene rings is 1. The molecule has 0 saturated heterocycles. The molecule has 0 amide bonds. The van der Waals surface area contributed by atoms with Crippen molar-refractivity contribution in [2.24, 2.45) is 11.3 Å². The summed E-state index contributed by atoms with van der Waals surface area (Å²) in [6, 6.07) is 17.0. The first kappa shape index (κ1) is 20.1. The van der Waals surface area contributed by atoms with Crippen LogP contribution in [0.3, 0.4) is 0 Å². The van der Waals surface area contributed by atoms with Crippen LogP contribution in [0.15, 0.2) is 65.1 Å². The Bertz CT molecular complexity index is 1100. The summed E-state index contributed by atoms with van der Waals surface area (Å²) in [6.07, 6.45) is 2.97. The van der Waals surface area contributed by atoms with Crippen molar-refractivity contribution in [3.05, 3.63) is 76.2 Å². The van der Waals surface area contributed by atoms with Crippen LogP contribution in [0.25, 0.3) is 15.0 Å². The summed E-state index contributed by atoms with van der Waals surface area (Å²) in [6.45, 7) is 11.2. The average molecular weight is 404 g/mol. The highest BCUT2D eigenvalue weighted by molar-refractivity contribution is 7.43. The van der Waals surface area contributed by atoms with Crippen molar-refractivity contribution in [2.75, 3.05) is 0 Å². The van der Waals surface area contributed by atoms with E-state index < -0.39 is 0 Å². The van der Waals surface area contributed by atoms with Crippen molar-refractivity contribution in [1.82, 2.24) is 0 Å². The number of fused-ring (bicyclic) bond motifs is 1. The molecule has 1 aliphatic carbocycles. The first-order chi connectivity index (χ1) is 13.8. The quantitative estimate of drug-likeness (QED) is 0.238. The fraction of sp³-hybridized carbons (Fsp3) is 0.370. The van der Waals surface area contributed by atoms with Gasteiger partial charge in [0.1, 0.15) is 5.38 Å². The molecule has 0 spiro atoms. The molecule has 0 fully saturated rings. The standard InChI is InChI=1S/C27H31OS/c1-18-10-15-24(20(18)3)27(4,5)16-25(28)21-11-13-22(14-12-21)29-17-19(2)23-8-6-7-9-26(23)29/h6-9,11-14,17,24H,10,15-16H2,1-5H3/q+1. The largest absolute Gasteiger partial charge is 0.294 e. The Hall–Kier alpha value is -2.19. The van der Waals surface area contributed by atoms with Crippen molar-refractivity contribution in [3.63, 3.8) is 0 Å². The summed E-state index contributed by atoms with van der Waals surface area (Å²) < 4.78 is 1.39. The molecule has 29 heavy (non-hydrogen) atoms. The normalized spacial score (nSPS) is 18.0. The Morgan fingerprint density at radius 2 is 1.72 bits per heavy atom. The Kier molecular flexibility index (Phi) is 5.25. The number of benzene rings is 2. The highest BCUT2D eigenvalue weighted by Gasteiger charge is 2.36. The third kappa shape index (κ3) is 3.71. The van der Waals surface area contributed by atoms with Crippen molar-refractivity contribution in [1.29, 1.82) is 0 Å². The van der Waals surface area contributed by atoms with E-state index in [2.05, 4.69) is 76.4 Å². The summed E-state index contributed by atoms with van der Waals surface area (Å²) in [5, 5.41) is 3.72. The third-order valence-corrected chi connectivity index (χ3v) is 9.04. The van der Waals surface area contributed by atoms with Gasteiger partial charge in [0, 0.05) is 33.4 Å². The van der Waals surface area contributed by atoms with E-state index in [0.29, 0.717) is 12.3 Å². The van der Waals surface area contributed by atoms with E-state index in [1.807, 2.05) is 12.1 Å². The molecule has 0 N–H and O–H groups in total. The van der Waals surface area contributed by atoms with Crippen molar-refractivity contribution in [3.8, 4) is 4.90 Å². The highest BCUT2D eigenvalue weighted by atomic mass is 32.2. The zero-order valence-electron chi connectivity index (χ0n) is 18.2. The summed E-state index contributed by atoms with van der Waals surface area (Å²) >= 11 is 0. The molecule has 0 aliphatic heterocycles. The monoisotopic (exact) mass is 403 g/mol. The fourth-order valence-electron chi connectivity index (χ4n) is 4.96. The van der Waals surface area contributed by atoms with E-state index in [1.54, 1.807) is 0 Å². The van der Waals surface area contributed by atoms with Crippen LogP contribution in [0.2, 0.25) is 0 Å². The number of carbonyl (C=O) groups excluding carboxylic acids is 1. The molecule has 1 aromatic heterocycles. The van der Waals surface area contributed by atoms with E-state index in [-0.39, 0.29) is 21.7 Å². The molecular weight excluding hydrogens is 372 g/mol. The van der Waals surface area contributed by atoms with Gasteiger partial charge in [-0.3, -0.25) is 4.79 Å². The second kappa shape index (κ2) is 7.57. The number of hydrogen-bond donors (Lipinski definition) is 0. The van der Waals surface area contributed by atoms with Gasteiger partial charge in [0.15, 0.2) is 15.4 Å². The summed E-state index contributed by atoms with van der Waals surface area (Å²) in [7, 11) is -0.0264. The number of allylic oxidation sites excluding steroid dienone is 2. The number of aryl methyl sites for hydroxylation is 1. The zero-order valence-corrected chi connectivity index (χ0v) is 19.0. The number of rotatable bonds is 5. The lowest BCUT2D eigenvalue weighted by Crippen LogP contribution is -2.26. The van der Waals surface area contributed by atoms with Crippen LogP contribution < -0.4 is 0 Å². The van der Waals surface area contributed by atoms with Gasteiger partial charge in [0.05, 0.1) is 0 Å². The zero-order chi connectivity index (χ0) is 20.8. The predicted molar refractivity (Wildman–Crippen MR) is 126 cm³/mol. The molecule has 0 saturated carbocycles. The van der Waals surface area contributed by atoms with Crippen molar-refractivity contribution < 1.29 is 4.79 Å². The lowest BCUT2D eigenvalue weighted by molar-refractivity contribution is 0.0896. The van der Waals surface area contributed by atoms with Gasteiger partial charge in [0.25, 0.3) is 0 Å². The minimum atomic E-state index is -0.0264. The van der Waals surface area contributed by atoms with Crippen LogP contribution in [-0.2, 0) is 0 Å². The van der Waals surface area contributed by atoms with Crippen LogP contribution in [0.4, 0.5) is 0 Å². The molecule has 1 heterocycles. The molecule has 1 nitrogen and oxygen atoms in total. The number of ketones is 1. The summed E-state index contributed by atoms with van der Waals surface area (Å²) in [5.41, 5.74) is 5.21. The molecule has 3 aromatic rings. The Balaban J connectivity index is 1.55. The van der Waals surface area contributed by atoms with Gasteiger partial charge in [-0.1, -0.05) is 37.1 Å². The van der Waals surface area contributed by atoms with Crippen LogP contribution in [0.1, 0.15) is 62.9 Å². The lowest BCUT2D eigenvalue weighted by Gasteiger charge is -2.32. The van der Waals surface area contributed by atoms with Crippen LogP contribution in [0, 0.1) is 18.3 Å². The smallest absolute Gasteiger partial charge is 0.186 e. The molecule has 150 valence electrons. The maximum Gasteiger partial charge on any atom is 0.186 e. The molecule has 4 rings (SSSR count). The summed E-state index contributed by atoms with van der Waals surface area (Å²) in [4.78, 5) is 14.3. The Labute approximate surface area is 177 Å². The Morgan fingerprint density at radius 3 is 2.38 bits per heavy atom. The molecule has 0 radical (unpaired) electrons. The van der Waals surface area contributed by atoms with Crippen LogP contribution in [-0.4, -0.2) is 5.78 Å². The van der Waals surface area contributed by atoms with E-state index in [9.17, 15) is 4.79 Å². The van der Waals surface area contributed by atoms with E-state index >= 15 is 0 Å². The van der Waals surface area contributed by atoms with Crippen molar-refractivity contribution >= 4 is 26.3 Å². The number of carbonyl (C=O) groups is 1. The Morgan fingerprint density at radius 1 is 1.03 bits per heavy atom. The molecular formula is C27H31OS+. The molecule has 0 bridgehead atoms. The fourth-order valence-corrected chi connectivity index (χ4v) is 7.08. The SMILES string of the molecule is CC1=C(C)C(C(C)(C)CC(=O)c2ccc(-[s+]3cc(C)c4ccccc43)cc2)CC1. The van der Waals surface area contributed by atoms with Gasteiger partial charge in [0.2, 0.25) is 0 Å². The minimum absolute atomic E-state index is 0.00356. The van der Waals surface area contributed by atoms with E-state index in [4.69, 9.17) is 0 Å². The molecule has 1 aliphatic rings. The van der Waals surface area contributed by atoms with E-state index in [1.165, 1.54) is 44.5 Å². The average Bonchev–Trinajstić information content (AvgIpc) is 3.22. The van der Waals surface area contributed by atoms with Gasteiger partial charge >= 0.3 is 0 Å². The third-order valence-electron chi connectivity index (χ3n) is 6.84. The maximum atomic E-state index is 13.1. The first-order valence-corrected chi connectivity index (χ1v) is 11.9. The van der Waals surface area contributed by atoms with Gasteiger partial charge < -0.3 is 0 Å². The summed E-state index contributed by atoms with van der Waals surface area (Å²) in [5.74, 6) is 0.788. The van der Waals surface area contributed by atoms with Crippen LogP contribution in [0.5, 0.6) is 0 Å². The molecule has 2 heteroatoms. The van der Waals surface area contributed by atoms with E-state index in [0.717, 1.165) is 5.56 Å². The van der Waals surface area contributed by atoms with Crippen molar-refractivity contribution in [2.45, 2.75) is 53.9 Å². The van der Waals surface area contributed by atoms with Gasteiger partial charge in [-0.15, -0.1) is 0 Å². The maximum absolute atomic E-state index is 13.1. The highest BCUT2D eigenvalue weighted by Crippen LogP contribution is 2.46. The second-order valence-electron chi connectivity index (χ2n) is 9.30. The van der Waals surface area contributed by atoms with Gasteiger partial charge in [-0.05, 0) is 81.3 Å². The number of Topliss-reactive ketones (excluding diaryl/α,β-unsaturated/α-hetero) is 1. The molecule has 2 aromatic carbocycles. The first-order valence-electron chi connectivity index (χ1n) is 10.6. The topological polar surface area (TPSA) is 17.1 Å². The lowest BCUT2D eigenvalue weighted by atomic mass is 9.71. The number of hydrogen-bond acceptors (Lipinski definition) is 1. The second-order valence-corrected chi connectivity index (χ2v) is 11.1. The predicted octanol–water partition coefficient (Wildman–Crippen LogP) is 8.23. The molecule has 2 atom stereocenters.